The Hall–Kier alpha value is -0.770. The number of aromatic nitrogens is 1. The van der Waals surface area contributed by atoms with Gasteiger partial charge in [0.05, 0.1) is 17.3 Å². The van der Waals surface area contributed by atoms with Crippen molar-refractivity contribution in [2.45, 2.75) is 20.4 Å². The average molecular weight is 287 g/mol. The number of benzene rings is 1. The van der Waals surface area contributed by atoms with Gasteiger partial charge in [-0.1, -0.05) is 23.2 Å². The second-order valence-electron chi connectivity index (χ2n) is 3.82. The highest BCUT2D eigenvalue weighted by atomic mass is 35.5. The molecule has 2 nitrogen and oxygen atoms in total. The minimum atomic E-state index is 0.664. The zero-order valence-electron chi connectivity index (χ0n) is 9.55. The van der Waals surface area contributed by atoms with E-state index in [0.717, 1.165) is 22.0 Å². The van der Waals surface area contributed by atoms with E-state index in [2.05, 4.69) is 10.3 Å². The number of hydrogen-bond donors (Lipinski definition) is 1. The van der Waals surface area contributed by atoms with Crippen LogP contribution in [0.15, 0.2) is 17.5 Å². The van der Waals surface area contributed by atoms with Crippen LogP contribution >= 0.6 is 34.5 Å². The highest BCUT2D eigenvalue weighted by Gasteiger charge is 2.05. The van der Waals surface area contributed by atoms with E-state index in [-0.39, 0.29) is 0 Å². The van der Waals surface area contributed by atoms with Crippen molar-refractivity contribution >= 4 is 40.2 Å². The van der Waals surface area contributed by atoms with Crippen molar-refractivity contribution in [2.24, 2.45) is 0 Å². The van der Waals surface area contributed by atoms with Gasteiger partial charge in [-0.15, -0.1) is 11.3 Å². The average Bonchev–Trinajstić information content (AvgIpc) is 2.68. The summed E-state index contributed by atoms with van der Waals surface area (Å²) in [4.78, 5) is 4.38. The first-order valence-electron chi connectivity index (χ1n) is 5.17. The first kappa shape index (κ1) is 12.7. The third kappa shape index (κ3) is 3.12. The van der Waals surface area contributed by atoms with Crippen LogP contribution in [0, 0.1) is 13.8 Å². The molecule has 0 amide bonds. The molecule has 0 saturated heterocycles. The van der Waals surface area contributed by atoms with E-state index in [0.29, 0.717) is 16.6 Å². The van der Waals surface area contributed by atoms with Crippen molar-refractivity contribution in [3.63, 3.8) is 0 Å². The monoisotopic (exact) mass is 286 g/mol. The van der Waals surface area contributed by atoms with Gasteiger partial charge in [-0.05, 0) is 31.5 Å². The van der Waals surface area contributed by atoms with E-state index in [1.807, 2.05) is 31.4 Å². The lowest BCUT2D eigenvalue weighted by Crippen LogP contribution is -2.00. The van der Waals surface area contributed by atoms with Crippen LogP contribution in [0.2, 0.25) is 10.0 Å². The number of halogens is 2. The molecule has 1 aromatic heterocycles. The summed E-state index contributed by atoms with van der Waals surface area (Å²) in [6, 6.07) is 3.71. The van der Waals surface area contributed by atoms with Crippen molar-refractivity contribution in [3.05, 3.63) is 43.8 Å². The normalized spacial score (nSPS) is 10.6. The standard InChI is InChI=1S/C12H12Cl2N2S/c1-7-3-10(14)11(4-9(7)13)15-5-12-16-8(2)6-17-12/h3-4,6,15H,5H2,1-2H3. The van der Waals surface area contributed by atoms with E-state index in [1.165, 1.54) is 0 Å². The minimum Gasteiger partial charge on any atom is -0.377 e. The van der Waals surface area contributed by atoms with Gasteiger partial charge >= 0.3 is 0 Å². The summed E-state index contributed by atoms with van der Waals surface area (Å²) in [5, 5.41) is 7.70. The van der Waals surface area contributed by atoms with Crippen LogP contribution in [0.1, 0.15) is 16.3 Å². The number of rotatable bonds is 3. The van der Waals surface area contributed by atoms with Gasteiger partial charge in [0.15, 0.2) is 0 Å². The molecule has 0 aliphatic rings. The fourth-order valence-corrected chi connectivity index (χ4v) is 2.60. The number of nitrogens with one attached hydrogen (secondary N) is 1. The highest BCUT2D eigenvalue weighted by molar-refractivity contribution is 7.09. The molecule has 2 aromatic rings. The second kappa shape index (κ2) is 5.25. The summed E-state index contributed by atoms with van der Waals surface area (Å²) < 4.78 is 0. The van der Waals surface area contributed by atoms with Crippen LogP contribution in [-0.4, -0.2) is 4.98 Å². The summed E-state index contributed by atoms with van der Waals surface area (Å²) in [7, 11) is 0. The maximum Gasteiger partial charge on any atom is 0.112 e. The Morgan fingerprint density at radius 2 is 2.00 bits per heavy atom. The number of thiazole rings is 1. The lowest BCUT2D eigenvalue weighted by molar-refractivity contribution is 1.08. The van der Waals surface area contributed by atoms with Crippen LogP contribution < -0.4 is 5.32 Å². The molecule has 0 unspecified atom stereocenters. The molecule has 1 heterocycles. The Morgan fingerprint density at radius 1 is 1.24 bits per heavy atom. The second-order valence-corrected chi connectivity index (χ2v) is 5.57. The van der Waals surface area contributed by atoms with Crippen molar-refractivity contribution in [2.75, 3.05) is 5.32 Å². The quantitative estimate of drug-likeness (QED) is 0.886. The predicted octanol–water partition coefficient (Wildman–Crippen LogP) is 4.68. The van der Waals surface area contributed by atoms with Crippen LogP contribution in [-0.2, 0) is 6.54 Å². The molecule has 2 rings (SSSR count). The number of hydrogen-bond acceptors (Lipinski definition) is 3. The Morgan fingerprint density at radius 3 is 2.65 bits per heavy atom. The summed E-state index contributed by atoms with van der Waals surface area (Å²) in [6.45, 7) is 4.58. The smallest absolute Gasteiger partial charge is 0.112 e. The maximum atomic E-state index is 6.13. The van der Waals surface area contributed by atoms with E-state index in [1.54, 1.807) is 11.3 Å². The molecule has 0 aliphatic heterocycles. The predicted molar refractivity (Wildman–Crippen MR) is 75.4 cm³/mol. The summed E-state index contributed by atoms with van der Waals surface area (Å²) in [6.07, 6.45) is 0. The maximum absolute atomic E-state index is 6.13. The van der Waals surface area contributed by atoms with Gasteiger partial charge in [-0.2, -0.15) is 0 Å². The van der Waals surface area contributed by atoms with Gasteiger partial charge in [0.25, 0.3) is 0 Å². The molecule has 1 aromatic carbocycles. The van der Waals surface area contributed by atoms with Crippen LogP contribution in [0.3, 0.4) is 0 Å². The summed E-state index contributed by atoms with van der Waals surface area (Å²) >= 11 is 13.8. The van der Waals surface area contributed by atoms with E-state index >= 15 is 0 Å². The van der Waals surface area contributed by atoms with Gasteiger partial charge in [-0.25, -0.2) is 4.98 Å². The van der Waals surface area contributed by atoms with Gasteiger partial charge in [0.1, 0.15) is 5.01 Å². The fourth-order valence-electron chi connectivity index (χ4n) is 1.44. The van der Waals surface area contributed by atoms with Crippen LogP contribution in [0.25, 0.3) is 0 Å². The molecule has 17 heavy (non-hydrogen) atoms. The Balaban J connectivity index is 2.11. The van der Waals surface area contributed by atoms with Crippen molar-refractivity contribution < 1.29 is 0 Å². The molecule has 1 N–H and O–H groups in total. The fraction of sp³-hybridized carbons (Fsp3) is 0.250. The Bertz CT molecular complexity index is 537. The Labute approximate surface area is 115 Å². The third-order valence-electron chi connectivity index (χ3n) is 2.34. The number of nitrogens with zero attached hydrogens (tertiary/aromatic N) is 1. The van der Waals surface area contributed by atoms with Crippen LogP contribution in [0.4, 0.5) is 5.69 Å². The third-order valence-corrected chi connectivity index (χ3v) is 4.03. The molecule has 90 valence electrons. The highest BCUT2D eigenvalue weighted by Crippen LogP contribution is 2.29. The van der Waals surface area contributed by atoms with E-state index in [9.17, 15) is 0 Å². The topological polar surface area (TPSA) is 24.9 Å². The van der Waals surface area contributed by atoms with Crippen molar-refractivity contribution in [1.82, 2.24) is 4.98 Å². The van der Waals surface area contributed by atoms with Gasteiger partial charge < -0.3 is 5.32 Å². The summed E-state index contributed by atoms with van der Waals surface area (Å²) in [5.74, 6) is 0. The molecular formula is C12H12Cl2N2S. The largest absolute Gasteiger partial charge is 0.377 e. The zero-order valence-corrected chi connectivity index (χ0v) is 11.9. The molecular weight excluding hydrogens is 275 g/mol. The molecule has 0 spiro atoms. The molecule has 0 atom stereocenters. The van der Waals surface area contributed by atoms with Gasteiger partial charge in [0.2, 0.25) is 0 Å². The van der Waals surface area contributed by atoms with Crippen molar-refractivity contribution in [3.8, 4) is 0 Å². The van der Waals surface area contributed by atoms with E-state index < -0.39 is 0 Å². The minimum absolute atomic E-state index is 0.664. The van der Waals surface area contributed by atoms with Gasteiger partial charge in [0, 0.05) is 16.1 Å². The SMILES string of the molecule is Cc1csc(CNc2cc(Cl)c(C)cc2Cl)n1. The lowest BCUT2D eigenvalue weighted by Gasteiger charge is -2.08. The zero-order chi connectivity index (χ0) is 12.4. The molecule has 0 bridgehead atoms. The lowest BCUT2D eigenvalue weighted by atomic mass is 10.2. The Kier molecular flexibility index (Phi) is 3.92. The number of anilines is 1. The molecule has 5 heteroatoms. The molecule has 0 aliphatic carbocycles. The summed E-state index contributed by atoms with van der Waals surface area (Å²) in [5.41, 5.74) is 2.86. The van der Waals surface area contributed by atoms with E-state index in [4.69, 9.17) is 23.2 Å². The molecule has 0 fully saturated rings. The number of aryl methyl sites for hydroxylation is 2. The van der Waals surface area contributed by atoms with Gasteiger partial charge in [-0.3, -0.25) is 0 Å². The van der Waals surface area contributed by atoms with Crippen molar-refractivity contribution in [1.29, 1.82) is 0 Å². The first-order valence-corrected chi connectivity index (χ1v) is 6.80. The molecule has 0 saturated carbocycles. The van der Waals surface area contributed by atoms with Crippen LogP contribution in [0.5, 0.6) is 0 Å². The molecule has 0 radical (unpaired) electrons. The first-order chi connectivity index (χ1) is 8.06.